The molecule has 6 nitrogen and oxygen atoms in total. The van der Waals surface area contributed by atoms with Crippen molar-refractivity contribution in [1.82, 2.24) is 14.9 Å². The van der Waals surface area contributed by atoms with Crippen LogP contribution in [0.25, 0.3) is 0 Å². The number of rotatable bonds is 4. The Bertz CT molecular complexity index is 631. The van der Waals surface area contributed by atoms with E-state index in [9.17, 15) is 4.79 Å². The molecule has 0 atom stereocenters. The van der Waals surface area contributed by atoms with Crippen LogP contribution < -0.4 is 4.74 Å². The maximum Gasteiger partial charge on any atom is 0.277 e. The molecule has 1 aromatic carbocycles. The number of piperidine rings is 2. The highest BCUT2D eigenvalue weighted by atomic mass is 16.7. The minimum absolute atomic E-state index is 0.0740. The van der Waals surface area contributed by atoms with E-state index in [4.69, 9.17) is 9.57 Å². The third-order valence-corrected chi connectivity index (χ3v) is 6.04. The normalized spacial score (nSPS) is 23.7. The molecule has 3 aliphatic rings. The fraction of sp³-hybridized carbons (Fsp3) is 0.667. The molecule has 148 valence electrons. The molecule has 0 unspecified atom stereocenters. The van der Waals surface area contributed by atoms with Gasteiger partial charge in [0.15, 0.2) is 0 Å². The Morgan fingerprint density at radius 3 is 2.56 bits per heavy atom. The predicted molar refractivity (Wildman–Crippen MR) is 104 cm³/mol. The summed E-state index contributed by atoms with van der Waals surface area (Å²) >= 11 is 0. The fourth-order valence-electron chi connectivity index (χ4n) is 4.37. The average molecular weight is 373 g/mol. The summed E-state index contributed by atoms with van der Waals surface area (Å²) in [5.41, 5.74) is 0.637. The SMILES string of the molecule is CN1CCC(N2CCC(Oc3cccc(C(=O)N4CCCO4)c3)CC2)CC1. The largest absolute Gasteiger partial charge is 0.490 e. The molecule has 3 heterocycles. The van der Waals surface area contributed by atoms with E-state index in [2.05, 4.69) is 16.8 Å². The molecule has 0 radical (unpaired) electrons. The molecule has 27 heavy (non-hydrogen) atoms. The van der Waals surface area contributed by atoms with Crippen LogP contribution in [-0.4, -0.2) is 79.3 Å². The van der Waals surface area contributed by atoms with Crippen molar-refractivity contribution < 1.29 is 14.4 Å². The standard InChI is InChI=1S/C21H31N3O3/c1-22-11-6-18(7-12-22)23-13-8-19(9-14-23)27-20-5-2-4-17(16-20)21(25)24-10-3-15-26-24/h2,4-5,16,18-19H,3,6-15H2,1H3. The molecule has 0 spiro atoms. The maximum atomic E-state index is 12.5. The van der Waals surface area contributed by atoms with Crippen LogP contribution >= 0.6 is 0 Å². The van der Waals surface area contributed by atoms with E-state index >= 15 is 0 Å². The Balaban J connectivity index is 1.29. The molecule has 0 N–H and O–H groups in total. The van der Waals surface area contributed by atoms with E-state index in [0.717, 1.165) is 44.1 Å². The third-order valence-electron chi connectivity index (χ3n) is 6.04. The van der Waals surface area contributed by atoms with Gasteiger partial charge in [0.25, 0.3) is 5.91 Å². The van der Waals surface area contributed by atoms with Crippen LogP contribution in [0.5, 0.6) is 5.75 Å². The smallest absolute Gasteiger partial charge is 0.277 e. The van der Waals surface area contributed by atoms with Crippen molar-refractivity contribution in [3.05, 3.63) is 29.8 Å². The zero-order valence-electron chi connectivity index (χ0n) is 16.3. The molecular formula is C21H31N3O3. The van der Waals surface area contributed by atoms with Gasteiger partial charge in [-0.05, 0) is 70.4 Å². The Morgan fingerprint density at radius 1 is 1.07 bits per heavy atom. The number of hydrogen-bond donors (Lipinski definition) is 0. The Hall–Kier alpha value is -1.63. The van der Waals surface area contributed by atoms with Crippen molar-refractivity contribution in [2.75, 3.05) is 46.4 Å². The van der Waals surface area contributed by atoms with E-state index in [1.165, 1.54) is 31.0 Å². The van der Waals surface area contributed by atoms with Crippen molar-refractivity contribution in [2.45, 2.75) is 44.2 Å². The first kappa shape index (κ1) is 18.7. The number of hydrogen-bond acceptors (Lipinski definition) is 5. The second-order valence-electron chi connectivity index (χ2n) is 8.01. The highest BCUT2D eigenvalue weighted by Gasteiger charge is 2.28. The highest BCUT2D eigenvalue weighted by molar-refractivity contribution is 5.94. The molecule has 0 saturated carbocycles. The van der Waals surface area contributed by atoms with E-state index in [-0.39, 0.29) is 12.0 Å². The highest BCUT2D eigenvalue weighted by Crippen LogP contribution is 2.24. The number of likely N-dealkylation sites (tertiary alicyclic amines) is 2. The molecule has 6 heteroatoms. The van der Waals surface area contributed by atoms with Crippen LogP contribution in [0.15, 0.2) is 24.3 Å². The first-order valence-corrected chi connectivity index (χ1v) is 10.3. The summed E-state index contributed by atoms with van der Waals surface area (Å²) in [6.07, 6.45) is 5.81. The van der Waals surface area contributed by atoms with Crippen molar-refractivity contribution in [1.29, 1.82) is 0 Å². The van der Waals surface area contributed by atoms with Crippen LogP contribution in [0.1, 0.15) is 42.5 Å². The summed E-state index contributed by atoms with van der Waals surface area (Å²) in [5, 5.41) is 1.46. The lowest BCUT2D eigenvalue weighted by Gasteiger charge is -2.41. The van der Waals surface area contributed by atoms with Crippen LogP contribution in [-0.2, 0) is 4.84 Å². The van der Waals surface area contributed by atoms with Crippen LogP contribution in [0.3, 0.4) is 0 Å². The Morgan fingerprint density at radius 2 is 1.85 bits per heavy atom. The third kappa shape index (κ3) is 4.62. The van der Waals surface area contributed by atoms with Gasteiger partial charge in [0.2, 0.25) is 0 Å². The van der Waals surface area contributed by atoms with Crippen LogP contribution in [0.4, 0.5) is 0 Å². The van der Waals surface area contributed by atoms with Crippen molar-refractivity contribution in [2.24, 2.45) is 0 Å². The van der Waals surface area contributed by atoms with Crippen molar-refractivity contribution in [3.63, 3.8) is 0 Å². The summed E-state index contributed by atoms with van der Waals surface area (Å²) in [5.74, 6) is 0.716. The van der Waals surface area contributed by atoms with Gasteiger partial charge in [0.05, 0.1) is 13.2 Å². The van der Waals surface area contributed by atoms with E-state index < -0.39 is 0 Å². The summed E-state index contributed by atoms with van der Waals surface area (Å²) in [6.45, 7) is 5.93. The molecule has 3 fully saturated rings. The van der Waals surface area contributed by atoms with Gasteiger partial charge in [-0.15, -0.1) is 0 Å². The molecule has 1 amide bonds. The minimum Gasteiger partial charge on any atom is -0.490 e. The lowest BCUT2D eigenvalue weighted by atomic mass is 9.99. The summed E-state index contributed by atoms with van der Waals surface area (Å²) in [7, 11) is 2.21. The number of nitrogens with zero attached hydrogens (tertiary/aromatic N) is 3. The van der Waals surface area contributed by atoms with E-state index in [1.807, 2.05) is 24.3 Å². The summed E-state index contributed by atoms with van der Waals surface area (Å²) in [4.78, 5) is 22.9. The van der Waals surface area contributed by atoms with E-state index in [0.29, 0.717) is 18.7 Å². The molecule has 1 aromatic rings. The van der Waals surface area contributed by atoms with Gasteiger partial charge >= 0.3 is 0 Å². The quantitative estimate of drug-likeness (QED) is 0.811. The zero-order valence-corrected chi connectivity index (χ0v) is 16.3. The second kappa shape index (κ2) is 8.59. The number of ether oxygens (including phenoxy) is 1. The molecule has 0 aromatic heterocycles. The van der Waals surface area contributed by atoms with Crippen molar-refractivity contribution >= 4 is 5.91 Å². The molecule has 3 aliphatic heterocycles. The molecule has 0 bridgehead atoms. The number of amides is 1. The van der Waals surface area contributed by atoms with Gasteiger partial charge in [0, 0.05) is 24.7 Å². The van der Waals surface area contributed by atoms with Gasteiger partial charge in [0.1, 0.15) is 11.9 Å². The van der Waals surface area contributed by atoms with E-state index in [1.54, 1.807) is 0 Å². The monoisotopic (exact) mass is 373 g/mol. The number of carbonyl (C=O) groups is 1. The Kier molecular flexibility index (Phi) is 5.95. The predicted octanol–water partition coefficient (Wildman–Crippen LogP) is 2.40. The van der Waals surface area contributed by atoms with Gasteiger partial charge in [-0.25, -0.2) is 5.06 Å². The molecular weight excluding hydrogens is 342 g/mol. The lowest BCUT2D eigenvalue weighted by molar-refractivity contribution is -0.0768. The van der Waals surface area contributed by atoms with Gasteiger partial charge in [-0.2, -0.15) is 0 Å². The number of hydroxylamine groups is 2. The minimum atomic E-state index is -0.0740. The summed E-state index contributed by atoms with van der Waals surface area (Å²) in [6, 6.07) is 8.27. The number of benzene rings is 1. The van der Waals surface area contributed by atoms with Gasteiger partial charge in [-0.1, -0.05) is 6.07 Å². The van der Waals surface area contributed by atoms with Gasteiger partial charge < -0.3 is 14.5 Å². The summed E-state index contributed by atoms with van der Waals surface area (Å²) < 4.78 is 6.22. The maximum absolute atomic E-state index is 12.5. The van der Waals surface area contributed by atoms with Crippen LogP contribution in [0.2, 0.25) is 0 Å². The fourth-order valence-corrected chi connectivity index (χ4v) is 4.37. The topological polar surface area (TPSA) is 45.2 Å². The van der Waals surface area contributed by atoms with Crippen molar-refractivity contribution in [3.8, 4) is 5.75 Å². The molecule has 4 rings (SSSR count). The Labute approximate surface area is 162 Å². The lowest BCUT2D eigenvalue weighted by Crippen LogP contribution is -2.48. The molecule has 3 saturated heterocycles. The van der Waals surface area contributed by atoms with Crippen LogP contribution in [0, 0.1) is 0 Å². The zero-order chi connectivity index (χ0) is 18.6. The average Bonchev–Trinajstić information content (AvgIpc) is 3.24. The van der Waals surface area contributed by atoms with Gasteiger partial charge in [-0.3, -0.25) is 9.63 Å². The molecule has 0 aliphatic carbocycles. The number of carbonyl (C=O) groups excluding carboxylic acids is 1. The second-order valence-corrected chi connectivity index (χ2v) is 8.01. The first-order valence-electron chi connectivity index (χ1n) is 10.3. The first-order chi connectivity index (χ1) is 13.2.